The van der Waals surface area contributed by atoms with Gasteiger partial charge in [-0.2, -0.15) is 0 Å². The third kappa shape index (κ3) is 3.61. The topological polar surface area (TPSA) is 54.9 Å². The zero-order chi connectivity index (χ0) is 14.0. The first-order valence-electron chi connectivity index (χ1n) is 6.10. The van der Waals surface area contributed by atoms with E-state index in [0.29, 0.717) is 6.42 Å². The number of rotatable bonds is 4. The number of thiazole rings is 2. The molecular formula is C13H17N3OS2. The lowest BCUT2D eigenvalue weighted by molar-refractivity contribution is -0.121. The zero-order valence-electron chi connectivity index (χ0n) is 11.5. The fourth-order valence-corrected chi connectivity index (χ4v) is 3.47. The molecule has 6 heteroatoms. The summed E-state index contributed by atoms with van der Waals surface area (Å²) in [5.74, 6) is 0.0184. The normalized spacial score (nSPS) is 12.4. The Morgan fingerprint density at radius 1 is 1.32 bits per heavy atom. The van der Waals surface area contributed by atoms with E-state index >= 15 is 0 Å². The minimum atomic E-state index is -0.0493. The summed E-state index contributed by atoms with van der Waals surface area (Å²) in [6.45, 7) is 7.82. The molecule has 0 radical (unpaired) electrons. The Morgan fingerprint density at radius 2 is 2.05 bits per heavy atom. The van der Waals surface area contributed by atoms with E-state index in [1.54, 1.807) is 22.7 Å². The van der Waals surface area contributed by atoms with Crippen molar-refractivity contribution in [3.8, 4) is 0 Å². The number of hydrogen-bond acceptors (Lipinski definition) is 5. The molecule has 102 valence electrons. The first-order chi connectivity index (χ1) is 8.95. The van der Waals surface area contributed by atoms with Crippen LogP contribution in [-0.2, 0) is 11.2 Å². The predicted molar refractivity (Wildman–Crippen MR) is 78.7 cm³/mol. The van der Waals surface area contributed by atoms with E-state index in [9.17, 15) is 4.79 Å². The molecule has 0 aliphatic heterocycles. The third-order valence-corrected chi connectivity index (χ3v) is 4.64. The van der Waals surface area contributed by atoms with Gasteiger partial charge in [-0.05, 0) is 27.7 Å². The molecule has 0 saturated heterocycles. The van der Waals surface area contributed by atoms with Crippen LogP contribution >= 0.6 is 22.7 Å². The number of carbonyl (C=O) groups excluding carboxylic acids is 1. The summed E-state index contributed by atoms with van der Waals surface area (Å²) in [5, 5.41) is 6.99. The van der Waals surface area contributed by atoms with Crippen LogP contribution < -0.4 is 5.32 Å². The number of aromatic nitrogens is 2. The average molecular weight is 295 g/mol. The molecule has 2 aromatic rings. The molecule has 19 heavy (non-hydrogen) atoms. The van der Waals surface area contributed by atoms with Crippen molar-refractivity contribution in [2.24, 2.45) is 0 Å². The quantitative estimate of drug-likeness (QED) is 0.943. The van der Waals surface area contributed by atoms with Crippen LogP contribution in [0.15, 0.2) is 5.38 Å². The number of carbonyl (C=O) groups is 1. The molecule has 2 aromatic heterocycles. The standard InChI is InChI=1S/C13H17N3OS2/c1-7(11-6-18-9(3)16-11)15-13(17)5-12-8(2)14-10(4)19-12/h6-7H,5H2,1-4H3,(H,15,17)/t7-/m1/s1. The van der Waals surface area contributed by atoms with E-state index in [-0.39, 0.29) is 11.9 Å². The van der Waals surface area contributed by atoms with Gasteiger partial charge in [-0.1, -0.05) is 0 Å². The van der Waals surface area contributed by atoms with Gasteiger partial charge < -0.3 is 5.32 Å². The van der Waals surface area contributed by atoms with Gasteiger partial charge in [-0.25, -0.2) is 9.97 Å². The van der Waals surface area contributed by atoms with Crippen LogP contribution in [-0.4, -0.2) is 15.9 Å². The number of hydrogen-bond donors (Lipinski definition) is 1. The molecule has 0 spiro atoms. The summed E-state index contributed by atoms with van der Waals surface area (Å²) < 4.78 is 0. The highest BCUT2D eigenvalue weighted by Crippen LogP contribution is 2.19. The van der Waals surface area contributed by atoms with Gasteiger partial charge >= 0.3 is 0 Å². The largest absolute Gasteiger partial charge is 0.348 e. The fraction of sp³-hybridized carbons (Fsp3) is 0.462. The summed E-state index contributed by atoms with van der Waals surface area (Å²) in [7, 11) is 0. The van der Waals surface area contributed by atoms with Crippen molar-refractivity contribution in [3.05, 3.63) is 31.7 Å². The molecule has 2 rings (SSSR count). The van der Waals surface area contributed by atoms with Gasteiger partial charge in [0, 0.05) is 10.3 Å². The van der Waals surface area contributed by atoms with Crippen LogP contribution in [0.3, 0.4) is 0 Å². The van der Waals surface area contributed by atoms with Crippen LogP contribution in [0.25, 0.3) is 0 Å². The maximum Gasteiger partial charge on any atom is 0.225 e. The van der Waals surface area contributed by atoms with Crippen LogP contribution in [0, 0.1) is 20.8 Å². The Labute approximate surface area is 120 Å². The molecule has 1 N–H and O–H groups in total. The zero-order valence-corrected chi connectivity index (χ0v) is 13.1. The van der Waals surface area contributed by atoms with E-state index in [1.165, 1.54) is 0 Å². The summed E-state index contributed by atoms with van der Waals surface area (Å²) in [6, 6.07) is -0.0493. The highest BCUT2D eigenvalue weighted by molar-refractivity contribution is 7.11. The monoisotopic (exact) mass is 295 g/mol. The molecule has 1 atom stereocenters. The average Bonchev–Trinajstić information content (AvgIpc) is 2.86. The Balaban J connectivity index is 1.96. The lowest BCUT2D eigenvalue weighted by Gasteiger charge is -2.11. The van der Waals surface area contributed by atoms with Gasteiger partial charge in [-0.3, -0.25) is 4.79 Å². The molecule has 2 heterocycles. The maximum atomic E-state index is 12.0. The number of nitrogens with one attached hydrogen (secondary N) is 1. The van der Waals surface area contributed by atoms with Crippen molar-refractivity contribution in [1.82, 2.24) is 15.3 Å². The Hall–Kier alpha value is -1.27. The van der Waals surface area contributed by atoms with Crippen LogP contribution in [0.2, 0.25) is 0 Å². The third-order valence-electron chi connectivity index (χ3n) is 2.78. The van der Waals surface area contributed by atoms with Gasteiger partial charge in [-0.15, -0.1) is 22.7 Å². The lowest BCUT2D eigenvalue weighted by atomic mass is 10.2. The molecule has 0 aromatic carbocycles. The second kappa shape index (κ2) is 5.79. The van der Waals surface area contributed by atoms with E-state index < -0.39 is 0 Å². The molecule has 4 nitrogen and oxygen atoms in total. The maximum absolute atomic E-state index is 12.0. The van der Waals surface area contributed by atoms with Crippen molar-refractivity contribution in [3.63, 3.8) is 0 Å². The summed E-state index contributed by atoms with van der Waals surface area (Å²) >= 11 is 3.18. The smallest absolute Gasteiger partial charge is 0.225 e. The summed E-state index contributed by atoms with van der Waals surface area (Å²) in [6.07, 6.45) is 0.394. The molecule has 0 bridgehead atoms. The molecule has 0 fully saturated rings. The van der Waals surface area contributed by atoms with Gasteiger partial charge in [0.15, 0.2) is 0 Å². The van der Waals surface area contributed by atoms with Crippen molar-refractivity contribution in [1.29, 1.82) is 0 Å². The minimum absolute atomic E-state index is 0.0184. The van der Waals surface area contributed by atoms with E-state index in [0.717, 1.165) is 26.3 Å². The van der Waals surface area contributed by atoms with Gasteiger partial charge in [0.05, 0.1) is 33.9 Å². The van der Waals surface area contributed by atoms with Crippen LogP contribution in [0.5, 0.6) is 0 Å². The van der Waals surface area contributed by atoms with Crippen molar-refractivity contribution in [2.75, 3.05) is 0 Å². The summed E-state index contributed by atoms with van der Waals surface area (Å²) in [5.41, 5.74) is 1.88. The molecular weight excluding hydrogens is 278 g/mol. The highest BCUT2D eigenvalue weighted by atomic mass is 32.1. The molecule has 0 saturated carbocycles. The number of amides is 1. The van der Waals surface area contributed by atoms with E-state index in [2.05, 4.69) is 15.3 Å². The fourth-order valence-electron chi connectivity index (χ4n) is 1.83. The van der Waals surface area contributed by atoms with Crippen molar-refractivity contribution in [2.45, 2.75) is 40.2 Å². The Morgan fingerprint density at radius 3 is 2.58 bits per heavy atom. The van der Waals surface area contributed by atoms with Crippen LogP contribution in [0.4, 0.5) is 0 Å². The van der Waals surface area contributed by atoms with Crippen molar-refractivity contribution >= 4 is 28.6 Å². The lowest BCUT2D eigenvalue weighted by Crippen LogP contribution is -2.28. The molecule has 1 amide bonds. The SMILES string of the molecule is Cc1nc([C@@H](C)NC(=O)Cc2sc(C)nc2C)cs1. The molecule has 0 unspecified atom stereocenters. The summed E-state index contributed by atoms with van der Waals surface area (Å²) in [4.78, 5) is 21.8. The van der Waals surface area contributed by atoms with Crippen molar-refractivity contribution < 1.29 is 4.79 Å². The number of nitrogens with zero attached hydrogens (tertiary/aromatic N) is 2. The van der Waals surface area contributed by atoms with E-state index in [4.69, 9.17) is 0 Å². The second-order valence-corrected chi connectivity index (χ2v) is 6.85. The Kier molecular flexibility index (Phi) is 4.31. The predicted octanol–water partition coefficient (Wildman–Crippen LogP) is 2.94. The van der Waals surface area contributed by atoms with Gasteiger partial charge in [0.2, 0.25) is 5.91 Å². The van der Waals surface area contributed by atoms with Gasteiger partial charge in [0.1, 0.15) is 0 Å². The Bertz CT molecular complexity index is 588. The first kappa shape index (κ1) is 14.1. The second-order valence-electron chi connectivity index (χ2n) is 4.50. The number of aryl methyl sites for hydroxylation is 3. The first-order valence-corrected chi connectivity index (χ1v) is 7.79. The molecule has 0 aliphatic carbocycles. The highest BCUT2D eigenvalue weighted by Gasteiger charge is 2.14. The van der Waals surface area contributed by atoms with E-state index in [1.807, 2.05) is 33.1 Å². The minimum Gasteiger partial charge on any atom is -0.348 e. The molecule has 0 aliphatic rings. The van der Waals surface area contributed by atoms with Gasteiger partial charge in [0.25, 0.3) is 0 Å². The van der Waals surface area contributed by atoms with Crippen LogP contribution in [0.1, 0.15) is 39.2 Å².